The molecule has 0 radical (unpaired) electrons. The van der Waals surface area contributed by atoms with Crippen LogP contribution in [-0.4, -0.2) is 25.5 Å². The summed E-state index contributed by atoms with van der Waals surface area (Å²) in [6.07, 6.45) is 4.36. The number of benzene rings is 1. The molecule has 0 bridgehead atoms. The lowest BCUT2D eigenvalue weighted by atomic mass is 10.1. The highest BCUT2D eigenvalue weighted by Gasteiger charge is 2.31. The van der Waals surface area contributed by atoms with Gasteiger partial charge in [0.25, 0.3) is 0 Å². The molecule has 116 valence electrons. The summed E-state index contributed by atoms with van der Waals surface area (Å²) in [4.78, 5) is 3.31. The maximum Gasteiger partial charge on any atom is 0.191 e. The zero-order valence-electron chi connectivity index (χ0n) is 12.9. The number of aromatic nitrogens is 4. The zero-order chi connectivity index (χ0) is 15.8. The quantitative estimate of drug-likeness (QED) is 0.720. The SMILES string of the molecule is CC(C#N)CSc1nnc(-c2c[nH]c3ccccc23)n1C1CC1. The van der Waals surface area contributed by atoms with Gasteiger partial charge in [0, 0.05) is 34.5 Å². The third kappa shape index (κ3) is 2.62. The molecule has 1 aromatic carbocycles. The summed E-state index contributed by atoms with van der Waals surface area (Å²) in [5, 5.41) is 19.9. The number of nitrogens with one attached hydrogen (secondary N) is 1. The van der Waals surface area contributed by atoms with Crippen molar-refractivity contribution in [1.82, 2.24) is 19.7 Å². The van der Waals surface area contributed by atoms with E-state index in [0.29, 0.717) is 6.04 Å². The minimum Gasteiger partial charge on any atom is -0.360 e. The van der Waals surface area contributed by atoms with E-state index >= 15 is 0 Å². The normalized spacial score (nSPS) is 15.7. The Balaban J connectivity index is 1.74. The first-order valence-corrected chi connectivity index (χ1v) is 8.80. The highest BCUT2D eigenvalue weighted by molar-refractivity contribution is 7.99. The highest BCUT2D eigenvalue weighted by atomic mass is 32.2. The van der Waals surface area contributed by atoms with Crippen LogP contribution < -0.4 is 0 Å². The molecule has 2 heterocycles. The van der Waals surface area contributed by atoms with Gasteiger partial charge in [-0.25, -0.2) is 0 Å². The Kier molecular flexibility index (Phi) is 3.58. The molecule has 0 spiro atoms. The second-order valence-electron chi connectivity index (χ2n) is 6.00. The fraction of sp³-hybridized carbons (Fsp3) is 0.353. The standard InChI is InChI=1S/C17H17N5S/c1-11(8-18)10-23-17-21-20-16(22(17)12-6-7-12)14-9-19-15-5-3-2-4-13(14)15/h2-5,9,11-12,19H,6-7,10H2,1H3. The van der Waals surface area contributed by atoms with Crippen LogP contribution in [0.3, 0.4) is 0 Å². The zero-order valence-corrected chi connectivity index (χ0v) is 13.7. The lowest BCUT2D eigenvalue weighted by Crippen LogP contribution is -2.01. The van der Waals surface area contributed by atoms with E-state index in [9.17, 15) is 0 Å². The number of para-hydroxylation sites is 1. The van der Waals surface area contributed by atoms with Crippen molar-refractivity contribution in [3.05, 3.63) is 30.5 Å². The summed E-state index contributed by atoms with van der Waals surface area (Å²) in [7, 11) is 0. The van der Waals surface area contributed by atoms with Crippen LogP contribution in [0.5, 0.6) is 0 Å². The van der Waals surface area contributed by atoms with Gasteiger partial charge in [-0.1, -0.05) is 30.0 Å². The molecule has 3 aromatic rings. The van der Waals surface area contributed by atoms with Crippen molar-refractivity contribution in [2.45, 2.75) is 31.0 Å². The van der Waals surface area contributed by atoms with E-state index in [1.54, 1.807) is 11.8 Å². The van der Waals surface area contributed by atoms with Crippen LogP contribution in [0, 0.1) is 17.2 Å². The molecule has 2 aromatic heterocycles. The number of aromatic amines is 1. The van der Waals surface area contributed by atoms with E-state index in [1.807, 2.05) is 25.3 Å². The average molecular weight is 323 g/mol. The van der Waals surface area contributed by atoms with E-state index in [-0.39, 0.29) is 5.92 Å². The van der Waals surface area contributed by atoms with E-state index in [2.05, 4.69) is 38.0 Å². The van der Waals surface area contributed by atoms with Gasteiger partial charge in [-0.3, -0.25) is 4.57 Å². The van der Waals surface area contributed by atoms with Crippen LogP contribution in [-0.2, 0) is 0 Å². The number of nitrogens with zero attached hydrogens (tertiary/aromatic N) is 4. The number of thioether (sulfide) groups is 1. The van der Waals surface area contributed by atoms with Gasteiger partial charge in [-0.2, -0.15) is 5.26 Å². The van der Waals surface area contributed by atoms with Crippen LogP contribution in [0.15, 0.2) is 35.6 Å². The Hall–Kier alpha value is -2.26. The fourth-order valence-corrected chi connectivity index (χ4v) is 3.66. The first-order valence-electron chi connectivity index (χ1n) is 7.81. The number of rotatable bonds is 5. The number of nitriles is 1. The van der Waals surface area contributed by atoms with Crippen molar-refractivity contribution in [3.63, 3.8) is 0 Å². The largest absolute Gasteiger partial charge is 0.360 e. The summed E-state index contributed by atoms with van der Waals surface area (Å²) < 4.78 is 2.25. The molecule has 6 heteroatoms. The van der Waals surface area contributed by atoms with Gasteiger partial charge in [0.2, 0.25) is 0 Å². The predicted octanol–water partition coefficient (Wildman–Crippen LogP) is 4.01. The van der Waals surface area contributed by atoms with Crippen molar-refractivity contribution < 1.29 is 0 Å². The fourth-order valence-electron chi connectivity index (χ4n) is 2.71. The average Bonchev–Trinajstić information content (AvgIpc) is 3.19. The first kappa shape index (κ1) is 14.3. The smallest absolute Gasteiger partial charge is 0.191 e. The van der Waals surface area contributed by atoms with Crippen molar-refractivity contribution in [1.29, 1.82) is 5.26 Å². The second-order valence-corrected chi connectivity index (χ2v) is 6.98. The van der Waals surface area contributed by atoms with E-state index in [0.717, 1.165) is 27.8 Å². The third-order valence-electron chi connectivity index (χ3n) is 4.09. The topological polar surface area (TPSA) is 70.3 Å². The van der Waals surface area contributed by atoms with Gasteiger partial charge in [0.1, 0.15) is 0 Å². The maximum atomic E-state index is 8.97. The molecule has 4 rings (SSSR count). The highest BCUT2D eigenvalue weighted by Crippen LogP contribution is 2.42. The van der Waals surface area contributed by atoms with Gasteiger partial charge in [-0.15, -0.1) is 10.2 Å². The maximum absolute atomic E-state index is 8.97. The predicted molar refractivity (Wildman–Crippen MR) is 91.1 cm³/mol. The summed E-state index contributed by atoms with van der Waals surface area (Å²) in [6.45, 7) is 1.94. The Morgan fingerprint density at radius 3 is 3.00 bits per heavy atom. The molecule has 1 atom stereocenters. The monoisotopic (exact) mass is 323 g/mol. The van der Waals surface area contributed by atoms with E-state index < -0.39 is 0 Å². The molecule has 1 saturated carbocycles. The van der Waals surface area contributed by atoms with Gasteiger partial charge in [-0.05, 0) is 25.8 Å². The Bertz CT molecular complexity index is 884. The van der Waals surface area contributed by atoms with Crippen LogP contribution >= 0.6 is 11.8 Å². The van der Waals surface area contributed by atoms with E-state index in [1.165, 1.54) is 18.2 Å². The number of fused-ring (bicyclic) bond motifs is 1. The van der Waals surface area contributed by atoms with Gasteiger partial charge >= 0.3 is 0 Å². The van der Waals surface area contributed by atoms with E-state index in [4.69, 9.17) is 5.26 Å². The third-order valence-corrected chi connectivity index (χ3v) is 5.29. The summed E-state index contributed by atoms with van der Waals surface area (Å²) in [5.41, 5.74) is 2.21. The molecule has 0 amide bonds. The lowest BCUT2D eigenvalue weighted by molar-refractivity contribution is 0.668. The van der Waals surface area contributed by atoms with Crippen molar-refractivity contribution in [2.75, 3.05) is 5.75 Å². The molecule has 1 fully saturated rings. The van der Waals surface area contributed by atoms with Crippen molar-refractivity contribution in [3.8, 4) is 17.5 Å². The second kappa shape index (κ2) is 5.74. The van der Waals surface area contributed by atoms with Crippen molar-refractivity contribution in [2.24, 2.45) is 5.92 Å². The minimum absolute atomic E-state index is 0.0147. The molecule has 5 nitrogen and oxygen atoms in total. The lowest BCUT2D eigenvalue weighted by Gasteiger charge is -2.08. The molecule has 1 unspecified atom stereocenters. The molecule has 23 heavy (non-hydrogen) atoms. The Labute approximate surface area is 138 Å². The molecule has 1 aliphatic rings. The van der Waals surface area contributed by atoms with Gasteiger partial charge in [0.15, 0.2) is 11.0 Å². The van der Waals surface area contributed by atoms with Crippen LogP contribution in [0.1, 0.15) is 25.8 Å². The van der Waals surface area contributed by atoms with Crippen LogP contribution in [0.4, 0.5) is 0 Å². The molecule has 0 saturated heterocycles. The summed E-state index contributed by atoms with van der Waals surface area (Å²) >= 11 is 1.63. The molecule has 1 N–H and O–H groups in total. The summed E-state index contributed by atoms with van der Waals surface area (Å²) in [6, 6.07) is 11.0. The van der Waals surface area contributed by atoms with Crippen LogP contribution in [0.2, 0.25) is 0 Å². The minimum atomic E-state index is 0.0147. The number of hydrogen-bond donors (Lipinski definition) is 1. The number of H-pyrrole nitrogens is 1. The van der Waals surface area contributed by atoms with Gasteiger partial charge < -0.3 is 4.98 Å². The first-order chi connectivity index (χ1) is 11.3. The Morgan fingerprint density at radius 2 is 2.22 bits per heavy atom. The molecular formula is C17H17N5S. The number of hydrogen-bond acceptors (Lipinski definition) is 4. The van der Waals surface area contributed by atoms with Crippen molar-refractivity contribution >= 4 is 22.7 Å². The summed E-state index contributed by atoms with van der Waals surface area (Å²) in [5.74, 6) is 1.69. The van der Waals surface area contributed by atoms with Gasteiger partial charge in [0.05, 0.1) is 12.0 Å². The molecule has 1 aliphatic carbocycles. The Morgan fingerprint density at radius 1 is 1.39 bits per heavy atom. The molecule has 0 aliphatic heterocycles. The molecular weight excluding hydrogens is 306 g/mol. The van der Waals surface area contributed by atoms with Crippen LogP contribution in [0.25, 0.3) is 22.3 Å².